The average molecular weight is 167 g/mol. The van der Waals surface area contributed by atoms with Crippen molar-refractivity contribution in [2.45, 2.75) is 6.92 Å². The standard InChI is InChI=1S/C8H9NOS/c1-6-4-5-11-7(6)2-3-8(9)10/h2-5H,1H3,(H2,9,10). The molecule has 1 heterocycles. The quantitative estimate of drug-likeness (QED) is 0.667. The van der Waals surface area contributed by atoms with Crippen LogP contribution in [-0.2, 0) is 4.79 Å². The van der Waals surface area contributed by atoms with Crippen LogP contribution in [0.4, 0.5) is 0 Å². The molecule has 0 radical (unpaired) electrons. The van der Waals surface area contributed by atoms with Crippen LogP contribution in [0.25, 0.3) is 6.08 Å². The van der Waals surface area contributed by atoms with Gasteiger partial charge >= 0.3 is 0 Å². The first kappa shape index (κ1) is 8.01. The van der Waals surface area contributed by atoms with E-state index in [2.05, 4.69) is 0 Å². The zero-order valence-electron chi connectivity index (χ0n) is 6.20. The van der Waals surface area contributed by atoms with E-state index >= 15 is 0 Å². The van der Waals surface area contributed by atoms with Crippen LogP contribution in [0, 0.1) is 6.92 Å². The molecule has 1 aromatic rings. The smallest absolute Gasteiger partial charge is 0.241 e. The first-order valence-corrected chi connectivity index (χ1v) is 4.09. The lowest BCUT2D eigenvalue weighted by Gasteiger charge is -1.86. The molecule has 11 heavy (non-hydrogen) atoms. The largest absolute Gasteiger partial charge is 0.366 e. The maximum Gasteiger partial charge on any atom is 0.241 e. The van der Waals surface area contributed by atoms with Crippen LogP contribution in [0.5, 0.6) is 0 Å². The minimum atomic E-state index is -0.405. The lowest BCUT2D eigenvalue weighted by Crippen LogP contribution is -2.04. The molecule has 0 aliphatic rings. The normalized spacial score (nSPS) is 10.6. The molecule has 0 saturated carbocycles. The van der Waals surface area contributed by atoms with E-state index in [1.165, 1.54) is 11.6 Å². The van der Waals surface area contributed by atoms with Gasteiger partial charge in [0.2, 0.25) is 5.91 Å². The second-order valence-electron chi connectivity index (χ2n) is 2.20. The number of carbonyl (C=O) groups excluding carboxylic acids is 1. The Balaban J connectivity index is 2.79. The van der Waals surface area contributed by atoms with E-state index in [0.29, 0.717) is 0 Å². The van der Waals surface area contributed by atoms with Gasteiger partial charge in [-0.25, -0.2) is 0 Å². The number of thiophene rings is 1. The van der Waals surface area contributed by atoms with Crippen LogP contribution in [0.2, 0.25) is 0 Å². The lowest BCUT2D eigenvalue weighted by molar-refractivity contribution is -0.113. The molecule has 0 unspecified atom stereocenters. The Labute approximate surface area is 69.3 Å². The Kier molecular flexibility index (Phi) is 2.44. The van der Waals surface area contributed by atoms with E-state index < -0.39 is 5.91 Å². The number of primary amides is 1. The van der Waals surface area contributed by atoms with Gasteiger partial charge in [-0.1, -0.05) is 0 Å². The lowest BCUT2D eigenvalue weighted by atomic mass is 10.3. The summed E-state index contributed by atoms with van der Waals surface area (Å²) in [4.78, 5) is 11.4. The van der Waals surface area contributed by atoms with Crippen LogP contribution in [0.15, 0.2) is 17.5 Å². The monoisotopic (exact) mass is 167 g/mol. The van der Waals surface area contributed by atoms with Crippen molar-refractivity contribution < 1.29 is 4.79 Å². The van der Waals surface area contributed by atoms with Crippen LogP contribution < -0.4 is 5.73 Å². The molecule has 3 heteroatoms. The van der Waals surface area contributed by atoms with Gasteiger partial charge in [-0.05, 0) is 30.0 Å². The Morgan fingerprint density at radius 3 is 2.91 bits per heavy atom. The Bertz CT molecular complexity index is 288. The highest BCUT2D eigenvalue weighted by Gasteiger charge is 1.93. The van der Waals surface area contributed by atoms with Crippen LogP contribution in [0.3, 0.4) is 0 Å². The van der Waals surface area contributed by atoms with E-state index in [1.807, 2.05) is 18.4 Å². The van der Waals surface area contributed by atoms with Gasteiger partial charge in [0.05, 0.1) is 0 Å². The second-order valence-corrected chi connectivity index (χ2v) is 3.15. The van der Waals surface area contributed by atoms with Gasteiger partial charge in [-0.15, -0.1) is 11.3 Å². The molecule has 0 spiro atoms. The van der Waals surface area contributed by atoms with Crippen molar-refractivity contribution in [2.24, 2.45) is 5.73 Å². The summed E-state index contributed by atoms with van der Waals surface area (Å²) in [6.07, 6.45) is 3.11. The highest BCUT2D eigenvalue weighted by atomic mass is 32.1. The van der Waals surface area contributed by atoms with Gasteiger partial charge in [0.15, 0.2) is 0 Å². The van der Waals surface area contributed by atoms with Gasteiger partial charge in [0, 0.05) is 11.0 Å². The summed E-state index contributed by atoms with van der Waals surface area (Å²) in [6.45, 7) is 2.00. The number of hydrogen-bond acceptors (Lipinski definition) is 2. The molecule has 1 rings (SSSR count). The van der Waals surface area contributed by atoms with E-state index in [-0.39, 0.29) is 0 Å². The minimum absolute atomic E-state index is 0.405. The van der Waals surface area contributed by atoms with Crippen molar-refractivity contribution >= 4 is 23.3 Å². The molecular formula is C8H9NOS. The summed E-state index contributed by atoms with van der Waals surface area (Å²) in [7, 11) is 0. The molecule has 58 valence electrons. The van der Waals surface area contributed by atoms with Gasteiger partial charge in [-0.3, -0.25) is 4.79 Å². The number of aryl methyl sites for hydroxylation is 1. The van der Waals surface area contributed by atoms with E-state index in [4.69, 9.17) is 5.73 Å². The first-order valence-electron chi connectivity index (χ1n) is 3.22. The molecular weight excluding hydrogens is 158 g/mol. The van der Waals surface area contributed by atoms with Crippen LogP contribution in [-0.4, -0.2) is 5.91 Å². The van der Waals surface area contributed by atoms with E-state index in [1.54, 1.807) is 17.4 Å². The summed E-state index contributed by atoms with van der Waals surface area (Å²) in [5, 5.41) is 1.98. The Morgan fingerprint density at radius 2 is 2.45 bits per heavy atom. The summed E-state index contributed by atoms with van der Waals surface area (Å²) in [5.74, 6) is -0.405. The van der Waals surface area contributed by atoms with Gasteiger partial charge in [0.25, 0.3) is 0 Å². The fourth-order valence-electron chi connectivity index (χ4n) is 0.713. The van der Waals surface area contributed by atoms with Gasteiger partial charge in [-0.2, -0.15) is 0 Å². The van der Waals surface area contributed by atoms with Crippen molar-refractivity contribution in [3.8, 4) is 0 Å². The second kappa shape index (κ2) is 3.34. The third kappa shape index (κ3) is 2.20. The van der Waals surface area contributed by atoms with E-state index in [9.17, 15) is 4.79 Å². The van der Waals surface area contributed by atoms with Crippen LogP contribution in [0.1, 0.15) is 10.4 Å². The highest BCUT2D eigenvalue weighted by Crippen LogP contribution is 2.16. The highest BCUT2D eigenvalue weighted by molar-refractivity contribution is 7.11. The molecule has 0 fully saturated rings. The fraction of sp³-hybridized carbons (Fsp3) is 0.125. The molecule has 0 aliphatic heterocycles. The van der Waals surface area contributed by atoms with Gasteiger partial charge < -0.3 is 5.73 Å². The molecule has 2 N–H and O–H groups in total. The minimum Gasteiger partial charge on any atom is -0.366 e. The molecule has 1 aromatic heterocycles. The molecule has 0 bridgehead atoms. The molecule has 0 saturated heterocycles. The van der Waals surface area contributed by atoms with E-state index in [0.717, 1.165) is 4.88 Å². The topological polar surface area (TPSA) is 43.1 Å². The maximum atomic E-state index is 10.3. The predicted octanol–water partition coefficient (Wildman–Crippen LogP) is 1.56. The van der Waals surface area contributed by atoms with Crippen molar-refractivity contribution in [3.63, 3.8) is 0 Å². The number of amides is 1. The number of nitrogens with two attached hydrogens (primary N) is 1. The fourth-order valence-corrected chi connectivity index (χ4v) is 1.53. The third-order valence-electron chi connectivity index (χ3n) is 1.30. The summed E-state index contributed by atoms with van der Waals surface area (Å²) < 4.78 is 0. The predicted molar refractivity (Wildman–Crippen MR) is 47.3 cm³/mol. The first-order chi connectivity index (χ1) is 5.20. The van der Waals surface area contributed by atoms with Gasteiger partial charge in [0.1, 0.15) is 0 Å². The summed E-state index contributed by atoms with van der Waals surface area (Å²) in [6, 6.07) is 2.01. The molecule has 1 amide bonds. The molecule has 2 nitrogen and oxygen atoms in total. The average Bonchev–Trinajstić information content (AvgIpc) is 2.31. The Hall–Kier alpha value is -1.09. The molecule has 0 aromatic carbocycles. The number of rotatable bonds is 2. The van der Waals surface area contributed by atoms with Crippen molar-refractivity contribution in [3.05, 3.63) is 28.0 Å². The summed E-state index contributed by atoms with van der Waals surface area (Å²) >= 11 is 1.60. The molecule has 0 aliphatic carbocycles. The van der Waals surface area contributed by atoms with Crippen molar-refractivity contribution in [2.75, 3.05) is 0 Å². The maximum absolute atomic E-state index is 10.3. The Morgan fingerprint density at radius 1 is 1.73 bits per heavy atom. The van der Waals surface area contributed by atoms with Crippen LogP contribution >= 0.6 is 11.3 Å². The zero-order valence-corrected chi connectivity index (χ0v) is 7.02. The van der Waals surface area contributed by atoms with Crippen molar-refractivity contribution in [1.82, 2.24) is 0 Å². The third-order valence-corrected chi connectivity index (χ3v) is 2.28. The van der Waals surface area contributed by atoms with Crippen molar-refractivity contribution in [1.29, 1.82) is 0 Å². The number of carbonyl (C=O) groups is 1. The summed E-state index contributed by atoms with van der Waals surface area (Å²) in [5.41, 5.74) is 6.11. The molecule has 0 atom stereocenters. The zero-order chi connectivity index (χ0) is 8.27. The number of hydrogen-bond donors (Lipinski definition) is 1. The SMILES string of the molecule is Cc1ccsc1C=CC(N)=O.